The van der Waals surface area contributed by atoms with Crippen LogP contribution in [0.1, 0.15) is 29.5 Å². The monoisotopic (exact) mass is 485 g/mol. The van der Waals surface area contributed by atoms with Gasteiger partial charge in [-0.15, -0.1) is 10.1 Å². The lowest BCUT2D eigenvalue weighted by atomic mass is 9.97. The first-order valence-corrected chi connectivity index (χ1v) is 10.3. The minimum Gasteiger partial charge on any atom is -0.475 e. The van der Waals surface area contributed by atoms with Gasteiger partial charge in [0.1, 0.15) is 5.75 Å². The van der Waals surface area contributed by atoms with Crippen molar-refractivity contribution >= 4 is 23.6 Å². The molecule has 0 unspecified atom stereocenters. The molecule has 0 bridgehead atoms. The van der Waals surface area contributed by atoms with E-state index in [4.69, 9.17) is 21.1 Å². The fraction of sp³-hybridized carbons (Fsp3) is 0.318. The first kappa shape index (κ1) is 24.4. The summed E-state index contributed by atoms with van der Waals surface area (Å²) in [5, 5.41) is 9.44. The highest BCUT2D eigenvalue weighted by Gasteiger charge is 2.49. The van der Waals surface area contributed by atoms with Crippen LogP contribution >= 0.6 is 11.6 Å². The van der Waals surface area contributed by atoms with Crippen LogP contribution in [0.3, 0.4) is 0 Å². The minimum absolute atomic E-state index is 0.0406. The zero-order chi connectivity index (χ0) is 24.0. The van der Waals surface area contributed by atoms with Crippen molar-refractivity contribution < 1.29 is 37.4 Å². The van der Waals surface area contributed by atoms with Gasteiger partial charge in [-0.05, 0) is 48.6 Å². The number of halogens is 4. The van der Waals surface area contributed by atoms with Crippen molar-refractivity contribution in [3.8, 4) is 5.75 Å². The van der Waals surface area contributed by atoms with E-state index in [-0.39, 0.29) is 37.4 Å². The van der Waals surface area contributed by atoms with Crippen LogP contribution in [-0.2, 0) is 20.8 Å². The molecule has 0 saturated heterocycles. The Labute approximate surface area is 191 Å². The molecule has 0 fully saturated rings. The van der Waals surface area contributed by atoms with Crippen LogP contribution in [0, 0.1) is 10.1 Å². The van der Waals surface area contributed by atoms with Gasteiger partial charge in [-0.2, -0.15) is 13.2 Å². The molecule has 0 spiro atoms. The van der Waals surface area contributed by atoms with Crippen molar-refractivity contribution in [2.24, 2.45) is 0 Å². The number of fused-ring (bicyclic) bond motifs is 1. The van der Waals surface area contributed by atoms with Crippen LogP contribution in [0.2, 0.25) is 5.02 Å². The van der Waals surface area contributed by atoms with Crippen molar-refractivity contribution in [2.75, 3.05) is 13.2 Å². The molecule has 11 heteroatoms. The summed E-state index contributed by atoms with van der Waals surface area (Å²) < 4.78 is 51.1. The summed E-state index contributed by atoms with van der Waals surface area (Å²) in [6, 6.07) is 12.2. The Hall–Kier alpha value is -3.27. The number of hydrogen-bond donors (Lipinski definition) is 0. The molecule has 0 amide bonds. The lowest BCUT2D eigenvalue weighted by molar-refractivity contribution is -0.757. The molecule has 1 aliphatic rings. The summed E-state index contributed by atoms with van der Waals surface area (Å²) in [5.74, 6) is -1.23. The molecule has 176 valence electrons. The van der Waals surface area contributed by atoms with Crippen molar-refractivity contribution in [3.63, 3.8) is 0 Å². The number of unbranched alkanes of at least 4 members (excludes halogenated alkanes) is 1. The molecular weight excluding hydrogens is 467 g/mol. The first-order chi connectivity index (χ1) is 15.6. The van der Waals surface area contributed by atoms with Gasteiger partial charge in [-0.25, -0.2) is 4.79 Å². The normalized spacial score (nSPS) is 15.2. The molecule has 1 atom stereocenters. The standard InChI is InChI=1S/C22H19ClF3NO6/c23-18-12-16-11-17(21(28)31-8-4-5-9-32-27(29)30)20(22(24,25)26)33-19(16)13-15(18)10-14-6-2-1-3-7-14/h1-3,6-7,11-13,20H,4-5,8-10H2/t20-/m1/s1. The van der Waals surface area contributed by atoms with Crippen LogP contribution in [0.15, 0.2) is 48.0 Å². The molecule has 2 aromatic carbocycles. The van der Waals surface area contributed by atoms with Gasteiger partial charge in [0.05, 0.1) is 18.8 Å². The number of benzene rings is 2. The Morgan fingerprint density at radius 2 is 1.85 bits per heavy atom. The van der Waals surface area contributed by atoms with E-state index < -0.39 is 28.9 Å². The molecule has 2 aromatic rings. The van der Waals surface area contributed by atoms with Gasteiger partial charge in [0.2, 0.25) is 6.10 Å². The van der Waals surface area contributed by atoms with E-state index in [2.05, 4.69) is 4.84 Å². The lowest BCUT2D eigenvalue weighted by Crippen LogP contribution is -2.40. The van der Waals surface area contributed by atoms with E-state index >= 15 is 0 Å². The Morgan fingerprint density at radius 1 is 1.15 bits per heavy atom. The topological polar surface area (TPSA) is 87.9 Å². The predicted octanol–water partition coefficient (Wildman–Crippen LogP) is 5.17. The van der Waals surface area contributed by atoms with Crippen LogP contribution in [0.25, 0.3) is 6.08 Å². The summed E-state index contributed by atoms with van der Waals surface area (Å²) >= 11 is 6.34. The van der Waals surface area contributed by atoms with E-state index in [1.807, 2.05) is 30.3 Å². The van der Waals surface area contributed by atoms with Crippen molar-refractivity contribution in [1.29, 1.82) is 0 Å². The van der Waals surface area contributed by atoms with E-state index in [0.717, 1.165) is 11.6 Å². The molecule has 33 heavy (non-hydrogen) atoms. The molecule has 0 saturated carbocycles. The summed E-state index contributed by atoms with van der Waals surface area (Å²) in [4.78, 5) is 26.5. The minimum atomic E-state index is -4.86. The highest BCUT2D eigenvalue weighted by molar-refractivity contribution is 6.31. The van der Waals surface area contributed by atoms with Gasteiger partial charge in [0, 0.05) is 10.6 Å². The second-order valence-electron chi connectivity index (χ2n) is 7.18. The summed E-state index contributed by atoms with van der Waals surface area (Å²) in [7, 11) is 0. The molecule has 3 rings (SSSR count). The molecule has 0 radical (unpaired) electrons. The third-order valence-electron chi connectivity index (χ3n) is 4.76. The number of hydrogen-bond acceptors (Lipinski definition) is 6. The van der Waals surface area contributed by atoms with Crippen molar-refractivity contribution in [1.82, 2.24) is 0 Å². The maximum Gasteiger partial charge on any atom is 0.430 e. The molecule has 7 nitrogen and oxygen atoms in total. The molecule has 1 heterocycles. The second-order valence-corrected chi connectivity index (χ2v) is 7.59. The van der Waals surface area contributed by atoms with Gasteiger partial charge >= 0.3 is 12.1 Å². The summed E-state index contributed by atoms with van der Waals surface area (Å²) in [6.07, 6.45) is -5.54. The Kier molecular flexibility index (Phi) is 7.80. The van der Waals surface area contributed by atoms with Gasteiger partial charge in [-0.3, -0.25) is 0 Å². The van der Waals surface area contributed by atoms with Crippen LogP contribution in [0.5, 0.6) is 5.75 Å². The number of nitrogens with zero attached hydrogens (tertiary/aromatic N) is 1. The second kappa shape index (κ2) is 10.6. The van der Waals surface area contributed by atoms with E-state index in [9.17, 15) is 28.1 Å². The number of carbonyl (C=O) groups excluding carboxylic acids is 1. The van der Waals surface area contributed by atoms with Crippen LogP contribution < -0.4 is 4.74 Å². The van der Waals surface area contributed by atoms with Crippen molar-refractivity contribution in [2.45, 2.75) is 31.5 Å². The number of alkyl halides is 3. The maximum absolute atomic E-state index is 13.7. The summed E-state index contributed by atoms with van der Waals surface area (Å²) in [5.41, 5.74) is 1.02. The molecular formula is C22H19ClF3NO6. The fourth-order valence-corrected chi connectivity index (χ4v) is 3.45. The highest BCUT2D eigenvalue weighted by Crippen LogP contribution is 2.40. The van der Waals surface area contributed by atoms with Gasteiger partial charge in [0.15, 0.2) is 0 Å². The third kappa shape index (κ3) is 6.61. The largest absolute Gasteiger partial charge is 0.475 e. The fourth-order valence-electron chi connectivity index (χ4n) is 3.21. The zero-order valence-corrected chi connectivity index (χ0v) is 17.9. The SMILES string of the molecule is O=C(OCCCCO[N+](=O)[O-])C1=Cc2cc(Cl)c(Cc3ccccc3)cc2O[C@H]1C(F)(F)F. The highest BCUT2D eigenvalue weighted by atomic mass is 35.5. The predicted molar refractivity (Wildman–Crippen MR) is 112 cm³/mol. The zero-order valence-electron chi connectivity index (χ0n) is 17.1. The van der Waals surface area contributed by atoms with Crippen molar-refractivity contribution in [3.05, 3.63) is 79.9 Å². The average Bonchev–Trinajstić information content (AvgIpc) is 2.75. The van der Waals surface area contributed by atoms with E-state index in [1.54, 1.807) is 0 Å². The lowest BCUT2D eigenvalue weighted by Gasteiger charge is -2.28. The number of ether oxygens (including phenoxy) is 2. The van der Waals surface area contributed by atoms with E-state index in [0.29, 0.717) is 17.0 Å². The molecule has 0 aliphatic carbocycles. The van der Waals surface area contributed by atoms with Gasteiger partial charge < -0.3 is 14.3 Å². The smallest absolute Gasteiger partial charge is 0.430 e. The summed E-state index contributed by atoms with van der Waals surface area (Å²) in [6.45, 7) is -0.440. The average molecular weight is 486 g/mol. The first-order valence-electron chi connectivity index (χ1n) is 9.91. The van der Waals surface area contributed by atoms with Gasteiger partial charge in [0.25, 0.3) is 5.09 Å². The Morgan fingerprint density at radius 3 is 2.52 bits per heavy atom. The third-order valence-corrected chi connectivity index (χ3v) is 5.11. The van der Waals surface area contributed by atoms with Crippen LogP contribution in [-0.4, -0.2) is 36.5 Å². The molecule has 1 aliphatic heterocycles. The molecule has 0 aromatic heterocycles. The quantitative estimate of drug-likeness (QED) is 0.211. The number of rotatable bonds is 9. The number of carbonyl (C=O) groups is 1. The van der Waals surface area contributed by atoms with Crippen LogP contribution in [0.4, 0.5) is 13.2 Å². The van der Waals surface area contributed by atoms with Gasteiger partial charge in [-0.1, -0.05) is 41.9 Å². The maximum atomic E-state index is 13.7. The Balaban J connectivity index is 1.77. The van der Waals surface area contributed by atoms with E-state index in [1.165, 1.54) is 12.1 Å². The number of esters is 1. The molecule has 0 N–H and O–H groups in total. The Bertz CT molecular complexity index is 1040.